The zero-order valence-corrected chi connectivity index (χ0v) is 22.6. The minimum Gasteiger partial charge on any atom is -0.493 e. The van der Waals surface area contributed by atoms with Gasteiger partial charge in [-0.05, 0) is 66.8 Å². The first-order valence-corrected chi connectivity index (χ1v) is 12.9. The van der Waals surface area contributed by atoms with Crippen LogP contribution in [0.3, 0.4) is 0 Å². The van der Waals surface area contributed by atoms with Crippen LogP contribution in [-0.4, -0.2) is 50.4 Å². The second kappa shape index (κ2) is 10.7. The Kier molecular flexibility index (Phi) is 7.18. The third kappa shape index (κ3) is 4.42. The van der Waals surface area contributed by atoms with E-state index in [9.17, 15) is 4.79 Å². The Morgan fingerprint density at radius 1 is 0.868 bits per heavy atom. The normalized spacial score (nSPS) is 14.8. The van der Waals surface area contributed by atoms with Gasteiger partial charge >= 0.3 is 0 Å². The van der Waals surface area contributed by atoms with Crippen LogP contribution in [0.2, 0.25) is 0 Å². The Bertz CT molecular complexity index is 1470. The summed E-state index contributed by atoms with van der Waals surface area (Å²) in [6.45, 7) is 3.49. The molecule has 0 spiro atoms. The Hall–Kier alpha value is -4.13. The Balaban J connectivity index is 1.61. The standard InChI is InChI=1S/C31H34N2O5/c1-6-32-19-24(22-9-7-8-10-25(22)32)31(34)33-14-13-21-17-29(37-4)30(38-5)18-23(21)26(33)15-20-11-12-27(35-2)28(16-20)36-3/h7-12,16-19,26H,6,13-15H2,1-5H3/t26-/m1/s1. The molecule has 5 rings (SSSR count). The largest absolute Gasteiger partial charge is 0.493 e. The number of methoxy groups -OCH3 is 4. The monoisotopic (exact) mass is 514 g/mol. The topological polar surface area (TPSA) is 62.2 Å². The zero-order valence-electron chi connectivity index (χ0n) is 22.6. The van der Waals surface area contributed by atoms with Crippen LogP contribution in [0.5, 0.6) is 23.0 Å². The van der Waals surface area contributed by atoms with Crippen molar-refractivity contribution in [1.29, 1.82) is 0 Å². The summed E-state index contributed by atoms with van der Waals surface area (Å²) < 4.78 is 24.4. The van der Waals surface area contributed by atoms with E-state index in [0.29, 0.717) is 36.0 Å². The van der Waals surface area contributed by atoms with Crippen molar-refractivity contribution in [1.82, 2.24) is 9.47 Å². The van der Waals surface area contributed by atoms with Gasteiger partial charge in [0.25, 0.3) is 5.91 Å². The molecule has 198 valence electrons. The first-order chi connectivity index (χ1) is 18.5. The van der Waals surface area contributed by atoms with Gasteiger partial charge in [0.05, 0.1) is 40.0 Å². The molecule has 0 bridgehead atoms. The highest BCUT2D eigenvalue weighted by Gasteiger charge is 2.34. The number of aromatic nitrogens is 1. The van der Waals surface area contributed by atoms with Crippen LogP contribution in [0.15, 0.2) is 60.8 Å². The number of fused-ring (bicyclic) bond motifs is 2. The SMILES string of the molecule is CCn1cc(C(=O)N2CCc3cc(OC)c(OC)cc3[C@H]2Cc2ccc(OC)c(OC)c2)c2ccccc21. The third-order valence-electron chi connectivity index (χ3n) is 7.50. The number of nitrogens with zero attached hydrogens (tertiary/aromatic N) is 2. The summed E-state index contributed by atoms with van der Waals surface area (Å²) in [6.07, 6.45) is 3.34. The molecule has 7 heteroatoms. The molecule has 0 radical (unpaired) electrons. The summed E-state index contributed by atoms with van der Waals surface area (Å²) >= 11 is 0. The second-order valence-electron chi connectivity index (χ2n) is 9.41. The molecule has 0 aliphatic carbocycles. The van der Waals surface area contributed by atoms with Gasteiger partial charge in [-0.3, -0.25) is 4.79 Å². The lowest BCUT2D eigenvalue weighted by molar-refractivity contribution is 0.0661. The van der Waals surface area contributed by atoms with Crippen molar-refractivity contribution < 1.29 is 23.7 Å². The smallest absolute Gasteiger partial charge is 0.256 e. The van der Waals surface area contributed by atoms with E-state index in [1.165, 1.54) is 0 Å². The molecule has 1 aromatic heterocycles. The van der Waals surface area contributed by atoms with Gasteiger partial charge in [0.15, 0.2) is 23.0 Å². The number of carbonyl (C=O) groups is 1. The lowest BCUT2D eigenvalue weighted by Crippen LogP contribution is -2.41. The molecular formula is C31H34N2O5. The van der Waals surface area contributed by atoms with Crippen molar-refractivity contribution in [3.63, 3.8) is 0 Å². The fourth-order valence-electron chi connectivity index (χ4n) is 5.56. The molecule has 1 aliphatic heterocycles. The number of amides is 1. The molecule has 2 heterocycles. The van der Waals surface area contributed by atoms with Crippen LogP contribution < -0.4 is 18.9 Å². The van der Waals surface area contributed by atoms with Gasteiger partial charge in [-0.2, -0.15) is 0 Å². The highest BCUT2D eigenvalue weighted by atomic mass is 16.5. The van der Waals surface area contributed by atoms with E-state index in [4.69, 9.17) is 18.9 Å². The van der Waals surface area contributed by atoms with Gasteiger partial charge < -0.3 is 28.4 Å². The summed E-state index contributed by atoms with van der Waals surface area (Å²) in [7, 11) is 6.54. The average molecular weight is 515 g/mol. The highest BCUT2D eigenvalue weighted by molar-refractivity contribution is 6.07. The lowest BCUT2D eigenvalue weighted by atomic mass is 9.87. The molecule has 7 nitrogen and oxygen atoms in total. The summed E-state index contributed by atoms with van der Waals surface area (Å²) in [6, 6.07) is 17.9. The van der Waals surface area contributed by atoms with E-state index >= 15 is 0 Å². The van der Waals surface area contributed by atoms with Crippen molar-refractivity contribution in [2.45, 2.75) is 32.4 Å². The van der Waals surface area contributed by atoms with E-state index in [0.717, 1.165) is 46.1 Å². The Morgan fingerprint density at radius 2 is 1.55 bits per heavy atom. The zero-order chi connectivity index (χ0) is 26.8. The van der Waals surface area contributed by atoms with E-state index in [2.05, 4.69) is 17.6 Å². The fraction of sp³-hybridized carbons (Fsp3) is 0.323. The second-order valence-corrected chi connectivity index (χ2v) is 9.41. The van der Waals surface area contributed by atoms with Crippen molar-refractivity contribution in [2.24, 2.45) is 0 Å². The first kappa shape index (κ1) is 25.5. The third-order valence-corrected chi connectivity index (χ3v) is 7.50. The number of benzene rings is 3. The molecule has 0 fully saturated rings. The van der Waals surface area contributed by atoms with Gasteiger partial charge in [-0.15, -0.1) is 0 Å². The van der Waals surface area contributed by atoms with Gasteiger partial charge in [0.2, 0.25) is 0 Å². The van der Waals surface area contributed by atoms with Gasteiger partial charge in [-0.1, -0.05) is 24.3 Å². The molecule has 0 saturated carbocycles. The predicted molar refractivity (Wildman–Crippen MR) is 148 cm³/mol. The van der Waals surface area contributed by atoms with Crippen LogP contribution in [0.4, 0.5) is 0 Å². The number of aryl methyl sites for hydroxylation is 1. The van der Waals surface area contributed by atoms with Crippen molar-refractivity contribution >= 4 is 16.8 Å². The molecule has 0 saturated heterocycles. The molecule has 38 heavy (non-hydrogen) atoms. The van der Waals surface area contributed by atoms with E-state index in [1.54, 1.807) is 28.4 Å². The van der Waals surface area contributed by atoms with Gasteiger partial charge in [0.1, 0.15) is 0 Å². The molecule has 1 atom stereocenters. The molecule has 1 amide bonds. The quantitative estimate of drug-likeness (QED) is 0.303. The van der Waals surface area contributed by atoms with E-state index < -0.39 is 0 Å². The highest BCUT2D eigenvalue weighted by Crippen LogP contribution is 2.41. The number of ether oxygens (including phenoxy) is 4. The molecule has 4 aromatic rings. The Morgan fingerprint density at radius 3 is 2.26 bits per heavy atom. The fourth-order valence-corrected chi connectivity index (χ4v) is 5.56. The van der Waals surface area contributed by atoms with Crippen molar-refractivity contribution in [2.75, 3.05) is 35.0 Å². The predicted octanol–water partition coefficient (Wildman–Crippen LogP) is 5.68. The number of hydrogen-bond acceptors (Lipinski definition) is 5. The van der Waals surface area contributed by atoms with E-state index in [-0.39, 0.29) is 11.9 Å². The Labute approximate surface area is 223 Å². The molecular weight excluding hydrogens is 480 g/mol. The van der Waals surface area contributed by atoms with Crippen LogP contribution in [0.25, 0.3) is 10.9 Å². The van der Waals surface area contributed by atoms with Crippen LogP contribution in [0, 0.1) is 0 Å². The minimum atomic E-state index is -0.201. The van der Waals surface area contributed by atoms with Gasteiger partial charge in [0, 0.05) is 30.2 Å². The van der Waals surface area contributed by atoms with Crippen LogP contribution in [-0.2, 0) is 19.4 Å². The number of carbonyl (C=O) groups excluding carboxylic acids is 1. The van der Waals surface area contributed by atoms with Crippen LogP contribution in [0.1, 0.15) is 40.0 Å². The maximum Gasteiger partial charge on any atom is 0.256 e. The lowest BCUT2D eigenvalue weighted by Gasteiger charge is -2.38. The summed E-state index contributed by atoms with van der Waals surface area (Å²) in [5.41, 5.74) is 5.07. The summed E-state index contributed by atoms with van der Waals surface area (Å²) in [5.74, 6) is 2.71. The molecule has 1 aliphatic rings. The van der Waals surface area contributed by atoms with Crippen molar-refractivity contribution in [3.05, 3.63) is 83.0 Å². The van der Waals surface area contributed by atoms with Crippen LogP contribution >= 0.6 is 0 Å². The number of rotatable bonds is 8. The van der Waals surface area contributed by atoms with E-state index in [1.807, 2.05) is 59.6 Å². The number of hydrogen-bond donors (Lipinski definition) is 0. The molecule has 0 unspecified atom stereocenters. The first-order valence-electron chi connectivity index (χ1n) is 12.9. The molecule has 3 aromatic carbocycles. The number of para-hydroxylation sites is 1. The molecule has 0 N–H and O–H groups in total. The summed E-state index contributed by atoms with van der Waals surface area (Å²) in [4.78, 5) is 16.3. The average Bonchev–Trinajstić information content (AvgIpc) is 3.35. The maximum absolute atomic E-state index is 14.3. The minimum absolute atomic E-state index is 0.0271. The summed E-state index contributed by atoms with van der Waals surface area (Å²) in [5, 5.41) is 0.974. The maximum atomic E-state index is 14.3. The van der Waals surface area contributed by atoms with Crippen molar-refractivity contribution in [3.8, 4) is 23.0 Å². The van der Waals surface area contributed by atoms with Gasteiger partial charge in [-0.25, -0.2) is 0 Å².